The van der Waals surface area contributed by atoms with Gasteiger partial charge >= 0.3 is 0 Å². The molecule has 4 rings (SSSR count). The molecule has 0 aliphatic carbocycles. The highest BCUT2D eigenvalue weighted by atomic mass is 16.3. The van der Waals surface area contributed by atoms with Crippen molar-refractivity contribution in [1.82, 2.24) is 20.0 Å². The Balaban J connectivity index is 1.23. The van der Waals surface area contributed by atoms with Crippen LogP contribution in [0.2, 0.25) is 0 Å². The number of benzene rings is 1. The fraction of sp³-hybridized carbons (Fsp3) is 0.652. The third kappa shape index (κ3) is 5.26. The van der Waals surface area contributed by atoms with E-state index in [2.05, 4.69) is 29.3 Å². The van der Waals surface area contributed by atoms with E-state index in [9.17, 15) is 14.7 Å². The van der Waals surface area contributed by atoms with Crippen LogP contribution < -0.4 is 11.1 Å². The van der Waals surface area contributed by atoms with Gasteiger partial charge in [-0.2, -0.15) is 0 Å². The summed E-state index contributed by atoms with van der Waals surface area (Å²) in [6.45, 7) is 5.52. The van der Waals surface area contributed by atoms with E-state index < -0.39 is 5.60 Å². The maximum atomic E-state index is 12.7. The number of hydrogen-bond donors (Lipinski definition) is 3. The zero-order chi connectivity index (χ0) is 22.0. The molecule has 8 heteroatoms. The predicted octanol–water partition coefficient (Wildman–Crippen LogP) is 0.282. The van der Waals surface area contributed by atoms with Crippen molar-refractivity contribution in [2.75, 3.05) is 39.4 Å². The van der Waals surface area contributed by atoms with Gasteiger partial charge in [0.1, 0.15) is 0 Å². The van der Waals surface area contributed by atoms with Crippen LogP contribution in [-0.4, -0.2) is 88.8 Å². The van der Waals surface area contributed by atoms with Crippen molar-refractivity contribution in [3.8, 4) is 0 Å². The molecule has 3 aliphatic heterocycles. The van der Waals surface area contributed by atoms with E-state index in [1.165, 1.54) is 5.56 Å². The summed E-state index contributed by atoms with van der Waals surface area (Å²) in [5.74, 6) is 0.359. The van der Waals surface area contributed by atoms with E-state index in [0.29, 0.717) is 52.0 Å². The Labute approximate surface area is 184 Å². The van der Waals surface area contributed by atoms with Gasteiger partial charge in [0, 0.05) is 38.6 Å². The number of likely N-dealkylation sites (tertiary alicyclic amines) is 2. The summed E-state index contributed by atoms with van der Waals surface area (Å²) in [6.07, 6.45) is 1.91. The van der Waals surface area contributed by atoms with Crippen molar-refractivity contribution in [1.29, 1.82) is 0 Å². The van der Waals surface area contributed by atoms with Crippen LogP contribution in [0.1, 0.15) is 44.1 Å². The molecule has 0 spiro atoms. The Bertz CT molecular complexity index is 775. The highest BCUT2D eigenvalue weighted by Crippen LogP contribution is 2.27. The van der Waals surface area contributed by atoms with Crippen molar-refractivity contribution in [2.24, 2.45) is 5.73 Å². The van der Waals surface area contributed by atoms with Crippen molar-refractivity contribution < 1.29 is 14.7 Å². The maximum absolute atomic E-state index is 12.7. The third-order valence-corrected chi connectivity index (χ3v) is 7.00. The first-order chi connectivity index (χ1) is 14.8. The lowest BCUT2D eigenvalue weighted by Crippen LogP contribution is -2.67. The summed E-state index contributed by atoms with van der Waals surface area (Å²) in [6, 6.07) is 10.3. The number of nitrogens with zero attached hydrogens (tertiary/aromatic N) is 3. The highest BCUT2D eigenvalue weighted by Gasteiger charge is 2.40. The SMILES string of the molecule is C[C@H](CC(=O)N1CCC(O)(CN2CNC(N3CC(N)C3)CC2=O)CC1)c1ccccc1. The minimum atomic E-state index is -0.939. The first-order valence-electron chi connectivity index (χ1n) is 11.4. The molecule has 8 nitrogen and oxygen atoms in total. The van der Waals surface area contributed by atoms with Gasteiger partial charge in [0.15, 0.2) is 0 Å². The topological polar surface area (TPSA) is 102 Å². The molecule has 0 saturated carbocycles. The second-order valence-electron chi connectivity index (χ2n) is 9.51. The monoisotopic (exact) mass is 429 g/mol. The Hall–Kier alpha value is -2.00. The number of carbonyl (C=O) groups excluding carboxylic acids is 2. The van der Waals surface area contributed by atoms with Crippen LogP contribution in [0.5, 0.6) is 0 Å². The van der Waals surface area contributed by atoms with Crippen LogP contribution in [0.15, 0.2) is 30.3 Å². The van der Waals surface area contributed by atoms with Crippen molar-refractivity contribution in [2.45, 2.75) is 56.3 Å². The zero-order valence-electron chi connectivity index (χ0n) is 18.4. The van der Waals surface area contributed by atoms with Gasteiger partial charge in [-0.25, -0.2) is 0 Å². The molecule has 2 atom stereocenters. The molecule has 0 radical (unpaired) electrons. The van der Waals surface area contributed by atoms with Crippen LogP contribution in [0.4, 0.5) is 0 Å². The van der Waals surface area contributed by atoms with Crippen LogP contribution in [0.3, 0.4) is 0 Å². The number of aliphatic hydroxyl groups is 1. The quantitative estimate of drug-likeness (QED) is 0.601. The second-order valence-corrected chi connectivity index (χ2v) is 9.51. The Morgan fingerprint density at radius 1 is 1.26 bits per heavy atom. The number of carbonyl (C=O) groups is 2. The normalized spacial score (nSPS) is 25.9. The third-order valence-electron chi connectivity index (χ3n) is 7.00. The Morgan fingerprint density at radius 3 is 2.55 bits per heavy atom. The number of amides is 2. The largest absolute Gasteiger partial charge is 0.388 e. The molecule has 1 aromatic rings. The first-order valence-corrected chi connectivity index (χ1v) is 11.4. The number of nitrogens with two attached hydrogens (primary N) is 1. The molecule has 3 heterocycles. The van der Waals surface area contributed by atoms with E-state index in [4.69, 9.17) is 5.73 Å². The average molecular weight is 430 g/mol. The van der Waals surface area contributed by atoms with Gasteiger partial charge in [-0.15, -0.1) is 0 Å². The highest BCUT2D eigenvalue weighted by molar-refractivity contribution is 5.78. The van der Waals surface area contributed by atoms with Gasteiger partial charge in [0.2, 0.25) is 11.8 Å². The van der Waals surface area contributed by atoms with E-state index in [-0.39, 0.29) is 29.9 Å². The molecule has 2 amide bonds. The number of piperidine rings is 1. The van der Waals surface area contributed by atoms with Crippen LogP contribution in [-0.2, 0) is 9.59 Å². The fourth-order valence-corrected chi connectivity index (χ4v) is 4.85. The molecule has 3 fully saturated rings. The number of rotatable bonds is 6. The summed E-state index contributed by atoms with van der Waals surface area (Å²) < 4.78 is 0. The summed E-state index contributed by atoms with van der Waals surface area (Å²) in [4.78, 5) is 31.1. The molecule has 170 valence electrons. The molecule has 3 saturated heterocycles. The molecule has 4 N–H and O–H groups in total. The number of hydrogen-bond acceptors (Lipinski definition) is 6. The molecular weight excluding hydrogens is 394 g/mol. The maximum Gasteiger partial charge on any atom is 0.226 e. The molecule has 3 aliphatic rings. The van der Waals surface area contributed by atoms with E-state index in [1.807, 2.05) is 23.1 Å². The lowest BCUT2D eigenvalue weighted by atomic mass is 9.89. The molecule has 1 unspecified atom stereocenters. The van der Waals surface area contributed by atoms with Crippen LogP contribution in [0.25, 0.3) is 0 Å². The smallest absolute Gasteiger partial charge is 0.226 e. The fourth-order valence-electron chi connectivity index (χ4n) is 4.85. The second kappa shape index (κ2) is 9.24. The van der Waals surface area contributed by atoms with Gasteiger partial charge in [0.25, 0.3) is 0 Å². The molecular formula is C23H35N5O3. The molecule has 31 heavy (non-hydrogen) atoms. The zero-order valence-corrected chi connectivity index (χ0v) is 18.4. The van der Waals surface area contributed by atoms with Gasteiger partial charge < -0.3 is 20.6 Å². The lowest BCUT2D eigenvalue weighted by molar-refractivity contribution is -0.147. The minimum Gasteiger partial charge on any atom is -0.388 e. The Kier molecular flexibility index (Phi) is 6.62. The predicted molar refractivity (Wildman–Crippen MR) is 118 cm³/mol. The summed E-state index contributed by atoms with van der Waals surface area (Å²) in [5.41, 5.74) is 6.07. The van der Waals surface area contributed by atoms with E-state index >= 15 is 0 Å². The van der Waals surface area contributed by atoms with Crippen LogP contribution >= 0.6 is 0 Å². The van der Waals surface area contributed by atoms with Crippen molar-refractivity contribution in [3.63, 3.8) is 0 Å². The average Bonchev–Trinajstić information content (AvgIpc) is 2.74. The van der Waals surface area contributed by atoms with Gasteiger partial charge in [-0.05, 0) is 24.3 Å². The first kappa shape index (κ1) is 22.2. The standard InChI is InChI=1S/C23H35N5O3/c1-17(18-5-3-2-4-6-18)11-21(29)26-9-7-23(31,8-10-26)15-28-16-25-20(12-22(28)30)27-13-19(24)14-27/h2-6,17,19-20,25,31H,7-16,24H2,1H3/t17-,20?/m1/s1. The minimum absolute atomic E-state index is 0.0456. The number of β-amino-alcohol motifs (C(OH)–C–C–N with tert-alkyl or cyclic N) is 1. The van der Waals surface area contributed by atoms with Gasteiger partial charge in [-0.3, -0.25) is 19.8 Å². The van der Waals surface area contributed by atoms with Gasteiger partial charge in [0.05, 0.1) is 31.4 Å². The number of nitrogens with one attached hydrogen (secondary N) is 1. The van der Waals surface area contributed by atoms with E-state index in [0.717, 1.165) is 13.1 Å². The van der Waals surface area contributed by atoms with Gasteiger partial charge in [-0.1, -0.05) is 37.3 Å². The summed E-state index contributed by atoms with van der Waals surface area (Å²) in [5, 5.41) is 14.5. The van der Waals surface area contributed by atoms with Crippen molar-refractivity contribution >= 4 is 11.8 Å². The lowest BCUT2D eigenvalue weighted by Gasteiger charge is -2.47. The van der Waals surface area contributed by atoms with Crippen LogP contribution in [0, 0.1) is 0 Å². The summed E-state index contributed by atoms with van der Waals surface area (Å²) >= 11 is 0. The van der Waals surface area contributed by atoms with Crippen molar-refractivity contribution in [3.05, 3.63) is 35.9 Å². The molecule has 1 aromatic carbocycles. The van der Waals surface area contributed by atoms with E-state index in [1.54, 1.807) is 4.90 Å². The molecule has 0 bridgehead atoms. The summed E-state index contributed by atoms with van der Waals surface area (Å²) in [7, 11) is 0. The molecule has 0 aromatic heterocycles. The Morgan fingerprint density at radius 2 is 1.94 bits per heavy atom.